The summed E-state index contributed by atoms with van der Waals surface area (Å²) in [7, 11) is 0. The first-order valence-corrected chi connectivity index (χ1v) is 15.9. The standard InChI is InChI=1S/C35H56O5/c1-21(2)16-29(39)40-28-19-34(9)22(23-17-30(3,4)18-27(38)35(23,28)20-36)10-11-25-32(7)14-13-26(37)31(5,6)24(32)12-15-33(25,34)8/h10,16,23-28,36-38H,11-15,17-20H2,1-9H3/t23-,24-,25+,26-,27-,28+,32-,33+,34+,35+/m0/s1. The highest BCUT2D eigenvalue weighted by atomic mass is 16.5. The van der Waals surface area contributed by atoms with Gasteiger partial charge in [-0.2, -0.15) is 0 Å². The number of aliphatic hydroxyl groups excluding tert-OH is 3. The number of rotatable bonds is 3. The SMILES string of the molecule is CC(C)=CC(=O)O[C@@H]1C[C@]2(C)C(=CC[C@@H]3[C@@]4(C)CC[C@H](O)C(C)(C)[C@@H]4CC[C@]32C)[C@@H]2CC(C)(C)C[C@H](O)[C@]12CO. The van der Waals surface area contributed by atoms with Gasteiger partial charge in [0.05, 0.1) is 24.2 Å². The first-order valence-electron chi connectivity index (χ1n) is 15.9. The molecule has 0 aliphatic heterocycles. The largest absolute Gasteiger partial charge is 0.458 e. The summed E-state index contributed by atoms with van der Waals surface area (Å²) in [6, 6.07) is 0. The molecule has 40 heavy (non-hydrogen) atoms. The molecule has 0 heterocycles. The van der Waals surface area contributed by atoms with Gasteiger partial charge in [0.1, 0.15) is 6.10 Å². The molecule has 0 aromatic carbocycles. The summed E-state index contributed by atoms with van der Waals surface area (Å²) in [5.74, 6) is 0.493. The topological polar surface area (TPSA) is 87.0 Å². The van der Waals surface area contributed by atoms with Crippen LogP contribution in [0.15, 0.2) is 23.3 Å². The summed E-state index contributed by atoms with van der Waals surface area (Å²) in [6.45, 7) is 20.0. The van der Waals surface area contributed by atoms with Gasteiger partial charge in [0.15, 0.2) is 0 Å². The molecule has 4 fully saturated rings. The summed E-state index contributed by atoms with van der Waals surface area (Å²) in [5.41, 5.74) is 1.05. The van der Waals surface area contributed by atoms with E-state index in [2.05, 4.69) is 54.5 Å². The van der Waals surface area contributed by atoms with Gasteiger partial charge in [0.2, 0.25) is 0 Å². The monoisotopic (exact) mass is 556 g/mol. The lowest BCUT2D eigenvalue weighted by atomic mass is 9.33. The molecule has 10 atom stereocenters. The molecule has 5 aliphatic carbocycles. The molecule has 5 rings (SSSR count). The molecule has 5 aliphatic rings. The van der Waals surface area contributed by atoms with Crippen LogP contribution in [0.3, 0.4) is 0 Å². The van der Waals surface area contributed by atoms with Crippen molar-refractivity contribution in [1.82, 2.24) is 0 Å². The van der Waals surface area contributed by atoms with Gasteiger partial charge in [-0.25, -0.2) is 4.79 Å². The predicted octanol–water partition coefficient (Wildman–Crippen LogP) is 6.60. The maximum atomic E-state index is 13.2. The van der Waals surface area contributed by atoms with Crippen LogP contribution in [0, 0.1) is 50.2 Å². The van der Waals surface area contributed by atoms with E-state index in [-0.39, 0.29) is 51.7 Å². The van der Waals surface area contributed by atoms with Gasteiger partial charge in [-0.05, 0) is 110 Å². The number of hydrogen-bond acceptors (Lipinski definition) is 5. The number of ether oxygens (including phenoxy) is 1. The van der Waals surface area contributed by atoms with E-state index >= 15 is 0 Å². The molecule has 0 radical (unpaired) electrons. The number of carbonyl (C=O) groups is 1. The van der Waals surface area contributed by atoms with Crippen molar-refractivity contribution in [1.29, 1.82) is 0 Å². The third kappa shape index (κ3) is 3.99. The van der Waals surface area contributed by atoms with Crippen molar-refractivity contribution in [3.8, 4) is 0 Å². The quantitative estimate of drug-likeness (QED) is 0.207. The van der Waals surface area contributed by atoms with E-state index < -0.39 is 17.6 Å². The van der Waals surface area contributed by atoms with Crippen molar-refractivity contribution in [2.45, 2.75) is 132 Å². The highest BCUT2D eigenvalue weighted by molar-refractivity contribution is 5.82. The highest BCUT2D eigenvalue weighted by Crippen LogP contribution is 2.75. The Bertz CT molecular complexity index is 1100. The zero-order chi connectivity index (χ0) is 29.7. The van der Waals surface area contributed by atoms with Crippen molar-refractivity contribution in [2.24, 2.45) is 50.2 Å². The second-order valence-electron chi connectivity index (χ2n) is 16.9. The molecule has 0 saturated heterocycles. The Kier molecular flexibility index (Phi) is 7.13. The van der Waals surface area contributed by atoms with Crippen LogP contribution >= 0.6 is 0 Å². The molecular weight excluding hydrogens is 500 g/mol. The molecule has 4 saturated carbocycles. The molecule has 0 bridgehead atoms. The molecule has 0 aromatic heterocycles. The average molecular weight is 557 g/mol. The third-order valence-corrected chi connectivity index (χ3v) is 13.8. The van der Waals surface area contributed by atoms with Crippen LogP contribution < -0.4 is 0 Å². The Balaban J connectivity index is 1.65. The zero-order valence-electron chi connectivity index (χ0n) is 26.6. The van der Waals surface area contributed by atoms with Gasteiger partial charge in [-0.15, -0.1) is 0 Å². The molecule has 3 N–H and O–H groups in total. The van der Waals surface area contributed by atoms with E-state index in [9.17, 15) is 20.1 Å². The predicted molar refractivity (Wildman–Crippen MR) is 158 cm³/mol. The van der Waals surface area contributed by atoms with Crippen LogP contribution in [-0.2, 0) is 9.53 Å². The lowest BCUT2D eigenvalue weighted by Crippen LogP contribution is -2.69. The summed E-state index contributed by atoms with van der Waals surface area (Å²) in [6.07, 6.45) is 9.57. The number of hydrogen-bond donors (Lipinski definition) is 3. The van der Waals surface area contributed by atoms with Crippen LogP contribution in [0.25, 0.3) is 0 Å². The average Bonchev–Trinajstić information content (AvgIpc) is 2.81. The van der Waals surface area contributed by atoms with E-state index in [0.717, 1.165) is 44.1 Å². The van der Waals surface area contributed by atoms with Crippen molar-refractivity contribution in [2.75, 3.05) is 6.61 Å². The van der Waals surface area contributed by atoms with Crippen molar-refractivity contribution in [3.63, 3.8) is 0 Å². The summed E-state index contributed by atoms with van der Waals surface area (Å²) in [5, 5.41) is 33.9. The molecule has 226 valence electrons. The summed E-state index contributed by atoms with van der Waals surface area (Å²) < 4.78 is 6.33. The van der Waals surface area contributed by atoms with E-state index in [1.807, 2.05) is 13.8 Å². The number of esters is 1. The Morgan fingerprint density at radius 3 is 2.25 bits per heavy atom. The number of carbonyl (C=O) groups excluding carboxylic acids is 1. The molecule has 5 heteroatoms. The van der Waals surface area contributed by atoms with Gasteiger partial charge in [-0.3, -0.25) is 0 Å². The lowest BCUT2D eigenvalue weighted by Gasteiger charge is -2.72. The highest BCUT2D eigenvalue weighted by Gasteiger charge is 2.71. The molecule has 5 nitrogen and oxygen atoms in total. The molecular formula is C35H56O5. The van der Waals surface area contributed by atoms with Crippen LogP contribution in [-0.4, -0.2) is 46.2 Å². The van der Waals surface area contributed by atoms with Gasteiger partial charge >= 0.3 is 5.97 Å². The second kappa shape index (κ2) is 9.41. The van der Waals surface area contributed by atoms with E-state index in [1.54, 1.807) is 6.08 Å². The van der Waals surface area contributed by atoms with E-state index in [4.69, 9.17) is 4.74 Å². The molecule has 0 aromatic rings. The minimum Gasteiger partial charge on any atom is -0.458 e. The maximum absolute atomic E-state index is 13.2. The van der Waals surface area contributed by atoms with E-state index in [0.29, 0.717) is 24.7 Å². The van der Waals surface area contributed by atoms with Gasteiger partial charge in [0.25, 0.3) is 0 Å². The van der Waals surface area contributed by atoms with Crippen LogP contribution in [0.5, 0.6) is 0 Å². The summed E-state index contributed by atoms with van der Waals surface area (Å²) in [4.78, 5) is 13.2. The fraction of sp³-hybridized carbons (Fsp3) is 0.857. The molecule has 0 amide bonds. The van der Waals surface area contributed by atoms with Gasteiger partial charge in [-0.1, -0.05) is 65.7 Å². The van der Waals surface area contributed by atoms with Gasteiger partial charge < -0.3 is 20.1 Å². The van der Waals surface area contributed by atoms with Crippen molar-refractivity contribution in [3.05, 3.63) is 23.3 Å². The van der Waals surface area contributed by atoms with E-state index in [1.165, 1.54) is 5.57 Å². The van der Waals surface area contributed by atoms with Crippen molar-refractivity contribution >= 4 is 5.97 Å². The Morgan fingerprint density at radius 2 is 1.62 bits per heavy atom. The minimum absolute atomic E-state index is 0.0178. The number of fused-ring (bicyclic) bond motifs is 7. The fourth-order valence-electron chi connectivity index (χ4n) is 11.5. The molecule has 0 spiro atoms. The first-order chi connectivity index (χ1) is 18.4. The smallest absolute Gasteiger partial charge is 0.330 e. The fourth-order valence-corrected chi connectivity index (χ4v) is 11.5. The number of aliphatic hydroxyl groups is 3. The van der Waals surface area contributed by atoms with Crippen LogP contribution in [0.2, 0.25) is 0 Å². The Hall–Kier alpha value is -1.17. The summed E-state index contributed by atoms with van der Waals surface area (Å²) >= 11 is 0. The minimum atomic E-state index is -0.896. The lowest BCUT2D eigenvalue weighted by molar-refractivity contribution is -0.240. The van der Waals surface area contributed by atoms with Gasteiger partial charge in [0, 0.05) is 6.08 Å². The third-order valence-electron chi connectivity index (χ3n) is 13.8. The zero-order valence-corrected chi connectivity index (χ0v) is 26.6. The first kappa shape index (κ1) is 30.3. The van der Waals surface area contributed by atoms with Crippen molar-refractivity contribution < 1.29 is 24.9 Å². The molecule has 0 unspecified atom stereocenters. The Morgan fingerprint density at radius 1 is 0.950 bits per heavy atom. The van der Waals surface area contributed by atoms with Crippen LogP contribution in [0.4, 0.5) is 0 Å². The normalized spacial score (nSPS) is 48.9. The Labute approximate surface area is 242 Å². The van der Waals surface area contributed by atoms with Crippen LogP contribution in [0.1, 0.15) is 114 Å². The maximum Gasteiger partial charge on any atom is 0.330 e. The number of allylic oxidation sites excluding steroid dienone is 3. The second-order valence-corrected chi connectivity index (χ2v) is 16.9.